The van der Waals surface area contributed by atoms with Gasteiger partial charge in [-0.3, -0.25) is 57.7 Å². The van der Waals surface area contributed by atoms with Crippen LogP contribution in [0, 0.1) is 22.7 Å². The lowest BCUT2D eigenvalue weighted by Crippen LogP contribution is -2.60. The molecule has 0 spiro atoms. The Bertz CT molecular complexity index is 3450. The standard InChI is InChI=1S/C70H94N12O14/c1-39(77(15)65(93)95-69(9,10)11)57(85)75-55(67(3,4)5)63(91)79-33-31-49-53(79)45(59(87)73-47-29-21-25-41-23-17-19-27-43(41)47)37-81(49)51(83)35-71-61(89)62(90)72-36-52(84)82-38-46(60(88)74-48-30-22-26-42-24-18-20-28-44(42)48)54-50(82)32-34-80(54)64(92)56(68(6,7)8)76-58(86)40(2)78(16)66(94)96-70(12,13)14/h17-30,39-40,45-46,49-50,53-56H,31-38H2,1-16H3,(H,71,89)(H,72,90)(H,73,87)(H,74,88)(H,75,85)(H,76,86)/t39-,40-,45-,46-,49+,50+,53+,54+,55+,56+/m0/s1. The quantitative estimate of drug-likeness (QED) is 0.0783. The number of hydrogen-bond donors (Lipinski definition) is 6. The van der Waals surface area contributed by atoms with Gasteiger partial charge in [0.05, 0.1) is 49.1 Å². The van der Waals surface area contributed by atoms with Crippen LogP contribution < -0.4 is 31.9 Å². The van der Waals surface area contributed by atoms with Crippen molar-refractivity contribution in [3.63, 3.8) is 0 Å². The molecule has 8 rings (SSSR count). The molecule has 26 heteroatoms. The van der Waals surface area contributed by atoms with Crippen LogP contribution in [-0.2, 0) is 57.4 Å². The maximum atomic E-state index is 15.0. The molecule has 0 saturated carbocycles. The third-order valence-corrected chi connectivity index (χ3v) is 18.3. The highest BCUT2D eigenvalue weighted by atomic mass is 16.6. The number of carbonyl (C=O) groups excluding carboxylic acids is 12. The molecule has 0 bridgehead atoms. The number of nitrogens with zero attached hydrogens (tertiary/aromatic N) is 6. The maximum Gasteiger partial charge on any atom is 0.410 e. The van der Waals surface area contributed by atoms with Crippen LogP contribution in [0.1, 0.15) is 110 Å². The monoisotopic (exact) mass is 1330 g/mol. The lowest BCUT2D eigenvalue weighted by Gasteiger charge is -2.37. The van der Waals surface area contributed by atoms with Crippen molar-refractivity contribution in [3.8, 4) is 0 Å². The molecule has 4 heterocycles. The summed E-state index contributed by atoms with van der Waals surface area (Å²) in [7, 11) is 2.83. The summed E-state index contributed by atoms with van der Waals surface area (Å²) in [6.07, 6.45) is -1.08. The molecule has 518 valence electrons. The minimum Gasteiger partial charge on any atom is -0.444 e. The SMILES string of the molecule is C[C@@H](C(=O)N[C@H](C(=O)N1CC[C@@H]2[C@H]1[C@@H](C(=O)Nc1cccc3ccccc13)CN2C(=O)CNC(=O)C(=O)NCC(=O)N1C[C@H](C(=O)Nc2cccc3ccccc23)[C@@H]2[C@H]1CCN2C(=O)[C@@H](NC(=O)[C@H](C)N(C)C(=O)OC(C)(C)C)C(C)(C)C)C(C)(C)C)N(C)C(=O)OC(C)(C)C. The van der Waals surface area contributed by atoms with Crippen LogP contribution in [0.4, 0.5) is 21.0 Å². The van der Waals surface area contributed by atoms with E-state index in [1.165, 1.54) is 47.5 Å². The number of nitrogens with one attached hydrogen (secondary N) is 6. The topological polar surface area (TPSA) is 315 Å². The van der Waals surface area contributed by atoms with Crippen LogP contribution in [0.3, 0.4) is 0 Å². The molecule has 10 atom stereocenters. The summed E-state index contributed by atoms with van der Waals surface area (Å²) in [6.45, 7) is 22.1. The van der Waals surface area contributed by atoms with Crippen molar-refractivity contribution in [2.45, 2.75) is 169 Å². The Morgan fingerprint density at radius 2 is 0.812 bits per heavy atom. The van der Waals surface area contributed by atoms with E-state index in [4.69, 9.17) is 9.47 Å². The molecule has 6 N–H and O–H groups in total. The first-order chi connectivity index (χ1) is 44.8. The lowest BCUT2D eigenvalue weighted by atomic mass is 9.85. The fraction of sp³-hybridized carbons (Fsp3) is 0.543. The molecule has 4 aromatic rings. The fourth-order valence-corrected chi connectivity index (χ4v) is 13.0. The van der Waals surface area contributed by atoms with E-state index in [0.717, 1.165) is 31.3 Å². The van der Waals surface area contributed by atoms with Gasteiger partial charge in [-0.05, 0) is 102 Å². The first-order valence-corrected chi connectivity index (χ1v) is 32.6. The summed E-state index contributed by atoms with van der Waals surface area (Å²) < 4.78 is 11.0. The zero-order valence-corrected chi connectivity index (χ0v) is 57.9. The molecule has 0 aromatic heterocycles. The first-order valence-electron chi connectivity index (χ1n) is 32.6. The molecule has 0 aliphatic carbocycles. The highest BCUT2D eigenvalue weighted by Crippen LogP contribution is 2.41. The fourth-order valence-electron chi connectivity index (χ4n) is 13.0. The van der Waals surface area contributed by atoms with Gasteiger partial charge in [0, 0.05) is 62.4 Å². The third kappa shape index (κ3) is 16.3. The molecule has 4 aliphatic heterocycles. The zero-order chi connectivity index (χ0) is 70.8. The summed E-state index contributed by atoms with van der Waals surface area (Å²) in [5, 5.41) is 19.7. The van der Waals surface area contributed by atoms with Gasteiger partial charge in [0.15, 0.2) is 0 Å². The second-order valence-corrected chi connectivity index (χ2v) is 29.6. The van der Waals surface area contributed by atoms with Gasteiger partial charge in [-0.25, -0.2) is 9.59 Å². The maximum absolute atomic E-state index is 15.0. The number of rotatable bonds is 16. The molecule has 4 aliphatic rings. The van der Waals surface area contributed by atoms with Gasteiger partial charge in [-0.2, -0.15) is 0 Å². The van der Waals surface area contributed by atoms with Crippen molar-refractivity contribution >= 4 is 104 Å². The normalized spacial score (nSPS) is 20.6. The number of ether oxygens (including phenoxy) is 2. The van der Waals surface area contributed by atoms with Crippen LogP contribution >= 0.6 is 0 Å². The van der Waals surface area contributed by atoms with Gasteiger partial charge in [0.2, 0.25) is 47.3 Å². The number of carbonyl (C=O) groups is 12. The van der Waals surface area contributed by atoms with E-state index in [0.29, 0.717) is 11.4 Å². The van der Waals surface area contributed by atoms with Crippen molar-refractivity contribution < 1.29 is 67.0 Å². The Hall–Kier alpha value is -9.36. The predicted molar refractivity (Wildman–Crippen MR) is 359 cm³/mol. The van der Waals surface area contributed by atoms with Crippen LogP contribution in [-0.4, -0.2) is 214 Å². The minimum absolute atomic E-state index is 0.0723. The molecule has 4 aromatic carbocycles. The largest absolute Gasteiger partial charge is 0.444 e. The van der Waals surface area contributed by atoms with Crippen LogP contribution in [0.5, 0.6) is 0 Å². The number of likely N-dealkylation sites (tertiary alicyclic amines) is 4. The van der Waals surface area contributed by atoms with E-state index in [-0.39, 0.29) is 39.0 Å². The van der Waals surface area contributed by atoms with Crippen LogP contribution in [0.25, 0.3) is 21.5 Å². The number of anilines is 2. The molecular weight excluding hydrogens is 1230 g/mol. The molecule has 4 saturated heterocycles. The van der Waals surface area contributed by atoms with E-state index >= 15 is 9.59 Å². The minimum atomic E-state index is -1.26. The second kappa shape index (κ2) is 28.5. The molecule has 96 heavy (non-hydrogen) atoms. The molecule has 4 fully saturated rings. The smallest absolute Gasteiger partial charge is 0.410 e. The Kier molecular flexibility index (Phi) is 21.5. The van der Waals surface area contributed by atoms with Crippen molar-refractivity contribution in [2.75, 3.05) is 64.0 Å². The van der Waals surface area contributed by atoms with Crippen molar-refractivity contribution in [1.29, 1.82) is 0 Å². The Morgan fingerprint density at radius 3 is 1.15 bits per heavy atom. The van der Waals surface area contributed by atoms with Gasteiger partial charge in [0.25, 0.3) is 0 Å². The van der Waals surface area contributed by atoms with Crippen molar-refractivity contribution in [2.24, 2.45) is 22.7 Å². The number of amides is 12. The van der Waals surface area contributed by atoms with Crippen molar-refractivity contribution in [1.82, 2.24) is 50.7 Å². The van der Waals surface area contributed by atoms with E-state index in [9.17, 15) is 47.9 Å². The van der Waals surface area contributed by atoms with Gasteiger partial charge in [-0.1, -0.05) is 114 Å². The number of likely N-dealkylation sites (N-methyl/N-ethyl adjacent to an activating group) is 2. The molecule has 26 nitrogen and oxygen atoms in total. The van der Waals surface area contributed by atoms with E-state index in [2.05, 4.69) is 31.9 Å². The predicted octanol–water partition coefficient (Wildman–Crippen LogP) is 5.23. The van der Waals surface area contributed by atoms with E-state index < -0.39 is 167 Å². The molecule has 0 radical (unpaired) electrons. The van der Waals surface area contributed by atoms with Gasteiger partial charge < -0.3 is 61.0 Å². The van der Waals surface area contributed by atoms with E-state index in [1.807, 2.05) is 60.7 Å². The average molecular weight is 1330 g/mol. The highest BCUT2D eigenvalue weighted by molar-refractivity contribution is 6.35. The van der Waals surface area contributed by atoms with Gasteiger partial charge in [0.1, 0.15) is 35.4 Å². The third-order valence-electron chi connectivity index (χ3n) is 18.3. The summed E-state index contributed by atoms with van der Waals surface area (Å²) >= 11 is 0. The Morgan fingerprint density at radius 1 is 0.479 bits per heavy atom. The first kappa shape index (κ1) is 72.5. The highest BCUT2D eigenvalue weighted by Gasteiger charge is 2.58. The molecular formula is C70H94N12O14. The van der Waals surface area contributed by atoms with Gasteiger partial charge >= 0.3 is 24.0 Å². The summed E-state index contributed by atoms with van der Waals surface area (Å²) in [4.78, 5) is 178. The Labute approximate surface area is 560 Å². The lowest BCUT2D eigenvalue weighted by molar-refractivity contribution is -0.142. The van der Waals surface area contributed by atoms with Gasteiger partial charge in [-0.15, -0.1) is 0 Å². The summed E-state index contributed by atoms with van der Waals surface area (Å²) in [5.41, 5.74) is -2.52. The number of hydrogen-bond acceptors (Lipinski definition) is 14. The van der Waals surface area contributed by atoms with Crippen molar-refractivity contribution in [3.05, 3.63) is 84.9 Å². The van der Waals surface area contributed by atoms with Crippen LogP contribution in [0.15, 0.2) is 84.9 Å². The number of fused-ring (bicyclic) bond motifs is 4. The second-order valence-electron chi connectivity index (χ2n) is 29.6. The average Bonchev–Trinajstić information content (AvgIpc) is 1.60. The summed E-state index contributed by atoms with van der Waals surface area (Å²) in [5.74, 6) is -9.26. The molecule has 0 unspecified atom stereocenters. The van der Waals surface area contributed by atoms with Crippen LogP contribution in [0.2, 0.25) is 0 Å². The molecule has 12 amide bonds. The number of benzene rings is 4. The van der Waals surface area contributed by atoms with E-state index in [1.54, 1.807) is 107 Å². The summed E-state index contributed by atoms with van der Waals surface area (Å²) in [6, 6.07) is 17.9. The zero-order valence-electron chi connectivity index (χ0n) is 57.9. The Balaban J connectivity index is 0.966.